The van der Waals surface area contributed by atoms with E-state index in [1.165, 1.54) is 11.3 Å². The Labute approximate surface area is 53.4 Å². The van der Waals surface area contributed by atoms with Crippen LogP contribution in [0.15, 0.2) is 0 Å². The second-order valence-electron chi connectivity index (χ2n) is 1.46. The van der Waals surface area contributed by atoms with Gasteiger partial charge in [-0.15, -0.1) is 15.3 Å². The first kappa shape index (κ1) is 5.34. The van der Waals surface area contributed by atoms with Gasteiger partial charge in [0.1, 0.15) is 0 Å². The SMILES string of the molecule is Cl[Si]1(Br)C[Si]C1. The van der Waals surface area contributed by atoms with E-state index >= 15 is 0 Å². The molecule has 1 aliphatic heterocycles. The fraction of sp³-hybridized carbons (Fsp3) is 1.00. The van der Waals surface area contributed by atoms with E-state index in [2.05, 4.69) is 15.3 Å². The molecule has 6 heavy (non-hydrogen) atoms. The molecule has 0 N–H and O–H groups in total. The average molecular weight is 200 g/mol. The summed E-state index contributed by atoms with van der Waals surface area (Å²) in [5.41, 5.74) is 2.60. The minimum atomic E-state index is -1.15. The van der Waals surface area contributed by atoms with Gasteiger partial charge in [-0.25, -0.2) is 0 Å². The Morgan fingerprint density at radius 1 is 1.67 bits per heavy atom. The third kappa shape index (κ3) is 1.09. The zero-order valence-corrected chi connectivity index (χ0v) is 7.51. The minimum Gasteiger partial charge on any atom is -0.153 e. The molecule has 1 aliphatic rings. The molecule has 0 atom stereocenters. The Balaban J connectivity index is 2.31. The summed E-state index contributed by atoms with van der Waals surface area (Å²) in [5, 5.41) is 0. The van der Waals surface area contributed by atoms with Crippen molar-refractivity contribution in [3.63, 3.8) is 0 Å². The van der Waals surface area contributed by atoms with Gasteiger partial charge >= 0.3 is 0 Å². The molecule has 34 valence electrons. The number of hydrogen-bond acceptors (Lipinski definition) is 0. The third-order valence-electron chi connectivity index (χ3n) is 0.767. The highest BCUT2D eigenvalue weighted by Gasteiger charge is 2.35. The van der Waals surface area contributed by atoms with Crippen molar-refractivity contribution in [2.24, 2.45) is 0 Å². The first-order chi connectivity index (χ1) is 2.71. The lowest BCUT2D eigenvalue weighted by atomic mass is 11.8. The monoisotopic (exact) mass is 198 g/mol. The number of hydrogen-bond donors (Lipinski definition) is 0. The molecule has 1 rings (SSSR count). The topological polar surface area (TPSA) is 0 Å². The molecule has 0 spiro atoms. The maximum absolute atomic E-state index is 5.87. The van der Waals surface area contributed by atoms with E-state index < -0.39 is 6.00 Å². The largest absolute Gasteiger partial charge is 0.220 e. The molecule has 0 amide bonds. The smallest absolute Gasteiger partial charge is 0.153 e. The molecular weight excluding hydrogens is 196 g/mol. The summed E-state index contributed by atoms with van der Waals surface area (Å²) in [4.78, 5) is 0. The van der Waals surface area contributed by atoms with Gasteiger partial charge in [-0.05, 0) is 11.3 Å². The van der Waals surface area contributed by atoms with Gasteiger partial charge in [0.05, 0.1) is 0 Å². The maximum Gasteiger partial charge on any atom is 0.220 e. The summed E-state index contributed by atoms with van der Waals surface area (Å²) in [6.45, 7) is 0. The third-order valence-corrected chi connectivity index (χ3v) is 14.4. The quantitative estimate of drug-likeness (QED) is 0.412. The highest BCUT2D eigenvalue weighted by molar-refractivity contribution is 9.27. The summed E-state index contributed by atoms with van der Waals surface area (Å²) in [6, 6.07) is -1.15. The molecule has 4 heteroatoms. The van der Waals surface area contributed by atoms with E-state index in [-0.39, 0.29) is 0 Å². The number of halogens is 2. The maximum atomic E-state index is 5.87. The molecule has 0 bridgehead atoms. The van der Waals surface area contributed by atoms with Crippen molar-refractivity contribution < 1.29 is 0 Å². The molecule has 0 aromatic heterocycles. The minimum absolute atomic E-state index is 1.15. The summed E-state index contributed by atoms with van der Waals surface area (Å²) in [7, 11) is 1.16. The Bertz CT molecular complexity index is 58.6. The van der Waals surface area contributed by atoms with E-state index in [0.29, 0.717) is 0 Å². The van der Waals surface area contributed by atoms with Crippen LogP contribution in [0.5, 0.6) is 0 Å². The van der Waals surface area contributed by atoms with E-state index in [9.17, 15) is 0 Å². The molecule has 1 heterocycles. The Hall–Kier alpha value is 1.20. The Morgan fingerprint density at radius 3 is 2.00 bits per heavy atom. The second kappa shape index (κ2) is 1.61. The molecule has 0 aliphatic carbocycles. The molecule has 0 unspecified atom stereocenters. The number of rotatable bonds is 0. The summed E-state index contributed by atoms with van der Waals surface area (Å²) in [5.74, 6) is 0. The fourth-order valence-corrected chi connectivity index (χ4v) is 8.10. The van der Waals surface area contributed by atoms with Crippen LogP contribution in [0, 0.1) is 0 Å². The molecule has 2 radical (unpaired) electrons. The van der Waals surface area contributed by atoms with Crippen LogP contribution in [0.1, 0.15) is 0 Å². The fourth-order valence-electron chi connectivity index (χ4n) is 0.314. The lowest BCUT2D eigenvalue weighted by Crippen LogP contribution is -2.33. The van der Waals surface area contributed by atoms with Gasteiger partial charge in [0, 0.05) is 9.52 Å². The van der Waals surface area contributed by atoms with Crippen molar-refractivity contribution in [3.8, 4) is 0 Å². The first-order valence-corrected chi connectivity index (χ1v) is 8.89. The molecule has 1 saturated heterocycles. The van der Waals surface area contributed by atoms with E-state index in [1.54, 1.807) is 0 Å². The summed E-state index contributed by atoms with van der Waals surface area (Å²) in [6.07, 6.45) is 0. The zero-order chi connectivity index (χ0) is 4.62. The predicted octanol–water partition coefficient (Wildman–Crippen LogP) is 1.70. The van der Waals surface area contributed by atoms with Crippen LogP contribution in [0.4, 0.5) is 0 Å². The van der Waals surface area contributed by atoms with Gasteiger partial charge in [0.25, 0.3) is 0 Å². The van der Waals surface area contributed by atoms with E-state index in [4.69, 9.17) is 11.1 Å². The average Bonchev–Trinajstić information content (AvgIpc) is 1.32. The second-order valence-corrected chi connectivity index (χ2v) is 14.6. The summed E-state index contributed by atoms with van der Waals surface area (Å²) < 4.78 is 0. The van der Waals surface area contributed by atoms with Crippen LogP contribution >= 0.6 is 26.4 Å². The normalized spacial score (nSPS) is 29.0. The standard InChI is InChI=1S/C2H4BrClSi2/c3-6(4)1-5-2-6/h1-2H2. The van der Waals surface area contributed by atoms with Gasteiger partial charge in [-0.3, -0.25) is 0 Å². The molecule has 0 aromatic rings. The lowest BCUT2D eigenvalue weighted by Gasteiger charge is -2.24. The van der Waals surface area contributed by atoms with E-state index in [0.717, 1.165) is 9.52 Å². The van der Waals surface area contributed by atoms with Gasteiger partial charge in [0.15, 0.2) is 0 Å². The van der Waals surface area contributed by atoms with Gasteiger partial charge in [-0.1, -0.05) is 0 Å². The van der Waals surface area contributed by atoms with Crippen molar-refractivity contribution in [1.29, 1.82) is 0 Å². The van der Waals surface area contributed by atoms with E-state index in [1.807, 2.05) is 0 Å². The lowest BCUT2D eigenvalue weighted by molar-refractivity contribution is 1.67. The van der Waals surface area contributed by atoms with Crippen molar-refractivity contribution in [3.05, 3.63) is 0 Å². The van der Waals surface area contributed by atoms with Gasteiger partial charge < -0.3 is 0 Å². The van der Waals surface area contributed by atoms with Crippen LogP contribution in [-0.4, -0.2) is 15.5 Å². The predicted molar refractivity (Wildman–Crippen MR) is 35.9 cm³/mol. The van der Waals surface area contributed by atoms with Crippen LogP contribution < -0.4 is 0 Å². The molecule has 1 fully saturated rings. The van der Waals surface area contributed by atoms with Gasteiger partial charge in [0.2, 0.25) is 6.00 Å². The van der Waals surface area contributed by atoms with Crippen molar-refractivity contribution in [2.45, 2.75) is 11.3 Å². The highest BCUT2D eigenvalue weighted by atomic mass is 79.9. The molecule has 0 nitrogen and oxygen atoms in total. The van der Waals surface area contributed by atoms with Crippen LogP contribution in [0.2, 0.25) is 11.3 Å². The zero-order valence-electron chi connectivity index (χ0n) is 3.17. The molecule has 0 aromatic carbocycles. The molecule has 0 saturated carbocycles. The highest BCUT2D eigenvalue weighted by Crippen LogP contribution is 2.34. The Kier molecular flexibility index (Phi) is 1.44. The molecular formula is C2H4BrClSi2. The van der Waals surface area contributed by atoms with Crippen molar-refractivity contribution in [1.82, 2.24) is 0 Å². The Morgan fingerprint density at radius 2 is 2.00 bits per heavy atom. The van der Waals surface area contributed by atoms with Gasteiger partial charge in [-0.2, -0.15) is 11.1 Å². The van der Waals surface area contributed by atoms with Crippen LogP contribution in [0.3, 0.4) is 0 Å². The van der Waals surface area contributed by atoms with Crippen LogP contribution in [-0.2, 0) is 0 Å². The first-order valence-electron chi connectivity index (χ1n) is 1.79. The summed E-state index contributed by atoms with van der Waals surface area (Å²) >= 11 is 9.34. The van der Waals surface area contributed by atoms with Crippen molar-refractivity contribution >= 4 is 41.9 Å². The van der Waals surface area contributed by atoms with Crippen LogP contribution in [0.25, 0.3) is 0 Å². The van der Waals surface area contributed by atoms with Crippen molar-refractivity contribution in [2.75, 3.05) is 0 Å².